The number of rotatable bonds is 0. The van der Waals surface area contributed by atoms with Crippen LogP contribution in [0.1, 0.15) is 0 Å². The maximum Gasteiger partial charge on any atom is 0 e. The molecular formula is C2H8CuN8-4. The summed E-state index contributed by atoms with van der Waals surface area (Å²) < 4.78 is 0. The second-order valence-corrected chi connectivity index (χ2v) is 0.179. The van der Waals surface area contributed by atoms with E-state index in [1.807, 2.05) is 0 Å². The van der Waals surface area contributed by atoms with Crippen molar-refractivity contribution in [2.75, 3.05) is 14.1 Å². The molecule has 0 aromatic carbocycles. The molecule has 0 aromatic heterocycles. The molecule has 0 aromatic rings. The maximum atomic E-state index is 6.75. The Hall–Kier alpha value is -0.941. The summed E-state index contributed by atoms with van der Waals surface area (Å²) in [6, 6.07) is 0. The number of hydrogen-bond acceptors (Lipinski definition) is 0. The molecule has 8 nitrogen and oxygen atoms in total. The smallest absolute Gasteiger partial charge is 0 e. The average Bonchev–Trinajstić information content (AvgIpc) is 1.99. The van der Waals surface area contributed by atoms with Crippen molar-refractivity contribution in [1.82, 2.24) is 0 Å². The van der Waals surface area contributed by atoms with E-state index in [-0.39, 0.29) is 17.1 Å². The van der Waals surface area contributed by atoms with Gasteiger partial charge in [0.15, 0.2) is 0 Å². The van der Waals surface area contributed by atoms with Gasteiger partial charge in [-0.3, -0.25) is 9.82 Å². The molecule has 0 rings (SSSR count). The first kappa shape index (κ1) is 32.3. The van der Waals surface area contributed by atoms with Crippen LogP contribution < -0.4 is 0 Å². The minimum atomic E-state index is 0. The predicted molar refractivity (Wildman–Crippen MR) is 40.6 cm³/mol. The summed E-state index contributed by atoms with van der Waals surface area (Å²) in [5.74, 6) is 0. The van der Waals surface area contributed by atoms with Gasteiger partial charge in [0.1, 0.15) is 0 Å². The molecule has 0 saturated heterocycles. The van der Waals surface area contributed by atoms with Crippen LogP contribution in [-0.2, 0) is 17.1 Å². The fraction of sp³-hybridized carbons (Fsp3) is 1.00. The Morgan fingerprint density at radius 3 is 0.727 bits per heavy atom. The van der Waals surface area contributed by atoms with Crippen LogP contribution in [0.5, 0.6) is 0 Å². The monoisotopic (exact) mass is 207 g/mol. The Labute approximate surface area is 75.2 Å². The molecule has 0 bridgehead atoms. The fourth-order valence-corrected chi connectivity index (χ4v) is 0. The van der Waals surface area contributed by atoms with E-state index in [4.69, 9.17) is 33.6 Å². The van der Waals surface area contributed by atoms with Crippen LogP contribution in [0.15, 0.2) is 0 Å². The fourth-order valence-electron chi connectivity index (χ4n) is 0. The summed E-state index contributed by atoms with van der Waals surface area (Å²) in [6.07, 6.45) is 0. The van der Waals surface area contributed by atoms with Crippen LogP contribution in [0.3, 0.4) is 0 Å². The van der Waals surface area contributed by atoms with Gasteiger partial charge in [-0.05, 0) is 0 Å². The van der Waals surface area contributed by atoms with E-state index >= 15 is 0 Å². The van der Waals surface area contributed by atoms with Gasteiger partial charge in [-0.2, -0.15) is 14.1 Å². The van der Waals surface area contributed by atoms with Crippen molar-refractivity contribution in [3.05, 3.63) is 43.4 Å². The second-order valence-electron chi connectivity index (χ2n) is 0.179. The van der Waals surface area contributed by atoms with Crippen LogP contribution in [-0.4, -0.2) is 14.1 Å². The minimum absolute atomic E-state index is 0. The van der Waals surface area contributed by atoms with E-state index in [9.17, 15) is 0 Å². The quantitative estimate of drug-likeness (QED) is 0.247. The van der Waals surface area contributed by atoms with Gasteiger partial charge in [-0.15, -0.1) is 0 Å². The molecule has 9 heteroatoms. The summed E-state index contributed by atoms with van der Waals surface area (Å²) in [4.78, 5) is 3.00. The molecule has 11 heavy (non-hydrogen) atoms. The Morgan fingerprint density at radius 1 is 0.727 bits per heavy atom. The Bertz CT molecular complexity index is 66.1. The molecule has 0 amide bonds. The molecular weight excluding hydrogens is 200 g/mol. The van der Waals surface area contributed by atoms with Gasteiger partial charge in [-0.25, -0.2) is 0 Å². The molecule has 0 aliphatic carbocycles. The molecule has 0 fully saturated rings. The number of nitrogens with zero attached hydrogens (tertiary/aromatic N) is 6. The predicted octanol–water partition coefficient (Wildman–Crippen LogP) is 3.07. The van der Waals surface area contributed by atoms with Crippen molar-refractivity contribution in [1.29, 1.82) is 0 Å². The molecule has 0 atom stereocenters. The summed E-state index contributed by atoms with van der Waals surface area (Å²) in [5.41, 5.74) is 38.5. The number of hydrogen-bond donors (Lipinski definition) is 0. The van der Waals surface area contributed by atoms with E-state index in [1.165, 1.54) is 23.9 Å². The first-order chi connectivity index (χ1) is 4.83. The topological polar surface area (TPSA) is 165 Å². The molecule has 0 unspecified atom stereocenters. The standard InChI is InChI=1S/2CH4N.Cu.2N3/c2*1-2;;2*1-3-2/h2*2H,1H3;;;/q2*-1;;2*-1. The molecule has 0 heterocycles. The third kappa shape index (κ3) is 510. The van der Waals surface area contributed by atoms with Gasteiger partial charge in [0.2, 0.25) is 0 Å². The van der Waals surface area contributed by atoms with Crippen LogP contribution in [0.25, 0.3) is 43.4 Å². The van der Waals surface area contributed by atoms with Crippen LogP contribution in [0.2, 0.25) is 0 Å². The van der Waals surface area contributed by atoms with Crippen LogP contribution in [0, 0.1) is 0 Å². The molecule has 71 valence electrons. The van der Waals surface area contributed by atoms with E-state index in [0.29, 0.717) is 0 Å². The van der Waals surface area contributed by atoms with Gasteiger partial charge in [0.05, 0.1) is 0 Å². The Kier molecular flexibility index (Phi) is 1540. The van der Waals surface area contributed by atoms with E-state index < -0.39 is 0 Å². The SMILES string of the molecule is C[NH-].C[NH-].[Cu].[N-]=[N+]=[N-].[N-]=[N+]=[N-]. The molecule has 2 N–H and O–H groups in total. The zero-order chi connectivity index (χ0) is 9.41. The van der Waals surface area contributed by atoms with Gasteiger partial charge in [0.25, 0.3) is 0 Å². The van der Waals surface area contributed by atoms with Crippen molar-refractivity contribution in [2.24, 2.45) is 0 Å². The van der Waals surface area contributed by atoms with Crippen molar-refractivity contribution < 1.29 is 17.1 Å². The van der Waals surface area contributed by atoms with E-state index in [2.05, 4.69) is 0 Å². The van der Waals surface area contributed by atoms with Crippen LogP contribution in [0.4, 0.5) is 0 Å². The molecule has 0 aliphatic heterocycles. The maximum absolute atomic E-state index is 6.75. The Balaban J connectivity index is -0.0000000144. The van der Waals surface area contributed by atoms with Crippen LogP contribution >= 0.6 is 0 Å². The molecule has 1 radical (unpaired) electrons. The van der Waals surface area contributed by atoms with Crippen molar-refractivity contribution >= 4 is 0 Å². The molecule has 0 spiro atoms. The molecule has 0 saturated carbocycles. The zero-order valence-corrected chi connectivity index (χ0v) is 6.93. The average molecular weight is 208 g/mol. The minimum Gasteiger partial charge on any atom is -0.680 e. The Morgan fingerprint density at radius 2 is 0.727 bits per heavy atom. The zero-order valence-electron chi connectivity index (χ0n) is 5.98. The van der Waals surface area contributed by atoms with Gasteiger partial charge in [-0.1, -0.05) is 0 Å². The van der Waals surface area contributed by atoms with E-state index in [1.54, 1.807) is 0 Å². The summed E-state index contributed by atoms with van der Waals surface area (Å²) in [6.45, 7) is 0. The van der Waals surface area contributed by atoms with Crippen molar-refractivity contribution in [3.8, 4) is 0 Å². The normalized spacial score (nSPS) is 2.55. The summed E-state index contributed by atoms with van der Waals surface area (Å²) in [7, 11) is 2.50. The largest absolute Gasteiger partial charge is 0.680 e. The first-order valence-corrected chi connectivity index (χ1v) is 1.80. The van der Waals surface area contributed by atoms with Gasteiger partial charge < -0.3 is 33.6 Å². The summed E-state index contributed by atoms with van der Waals surface area (Å²) in [5, 5.41) is 0. The van der Waals surface area contributed by atoms with Crippen molar-refractivity contribution in [2.45, 2.75) is 0 Å². The third-order valence-corrected chi connectivity index (χ3v) is 0. The number of nitrogens with one attached hydrogen (secondary N) is 2. The van der Waals surface area contributed by atoms with Crippen molar-refractivity contribution in [3.63, 3.8) is 0 Å². The third-order valence-electron chi connectivity index (χ3n) is 0. The van der Waals surface area contributed by atoms with E-state index in [0.717, 1.165) is 0 Å². The van der Waals surface area contributed by atoms with Gasteiger partial charge >= 0.3 is 0 Å². The van der Waals surface area contributed by atoms with Gasteiger partial charge in [0, 0.05) is 17.1 Å². The first-order valence-electron chi connectivity index (χ1n) is 1.80. The second kappa shape index (κ2) is 524. The molecule has 0 aliphatic rings. The summed E-state index contributed by atoms with van der Waals surface area (Å²) >= 11 is 0.